The van der Waals surface area contributed by atoms with Gasteiger partial charge in [-0.15, -0.1) is 0 Å². The topological polar surface area (TPSA) is 21.3 Å². The summed E-state index contributed by atoms with van der Waals surface area (Å²) in [5.41, 5.74) is 0.402. The Morgan fingerprint density at radius 2 is 2.36 bits per heavy atom. The van der Waals surface area contributed by atoms with Crippen LogP contribution in [0.1, 0.15) is 32.6 Å². The highest BCUT2D eigenvalue weighted by Crippen LogP contribution is 2.29. The lowest BCUT2D eigenvalue weighted by Crippen LogP contribution is -2.65. The summed E-state index contributed by atoms with van der Waals surface area (Å²) >= 11 is 0. The van der Waals surface area contributed by atoms with Gasteiger partial charge >= 0.3 is 0 Å². The predicted molar refractivity (Wildman–Crippen MR) is 44.6 cm³/mol. The molecule has 1 spiro atoms. The molecule has 1 unspecified atom stereocenters. The van der Waals surface area contributed by atoms with Crippen molar-refractivity contribution in [2.45, 2.75) is 44.2 Å². The minimum atomic E-state index is 0.402. The lowest BCUT2D eigenvalue weighted by Gasteiger charge is -2.48. The molecule has 0 aromatic heterocycles. The van der Waals surface area contributed by atoms with Crippen molar-refractivity contribution in [2.75, 3.05) is 13.2 Å². The van der Waals surface area contributed by atoms with Gasteiger partial charge in [0.05, 0.1) is 18.8 Å². The summed E-state index contributed by atoms with van der Waals surface area (Å²) in [6, 6.07) is 0.757. The van der Waals surface area contributed by atoms with Gasteiger partial charge < -0.3 is 10.1 Å². The molecule has 1 atom stereocenters. The first-order valence-corrected chi connectivity index (χ1v) is 4.70. The molecule has 0 aromatic carbocycles. The molecule has 2 saturated heterocycles. The zero-order chi connectivity index (χ0) is 7.73. The number of hydrogen-bond acceptors (Lipinski definition) is 2. The Balaban J connectivity index is 1.92. The Morgan fingerprint density at radius 3 is 2.91 bits per heavy atom. The van der Waals surface area contributed by atoms with E-state index in [1.54, 1.807) is 0 Å². The van der Waals surface area contributed by atoms with Crippen molar-refractivity contribution in [1.29, 1.82) is 0 Å². The molecule has 2 nitrogen and oxygen atoms in total. The van der Waals surface area contributed by atoms with Crippen LogP contribution in [0.15, 0.2) is 0 Å². The van der Waals surface area contributed by atoms with Crippen molar-refractivity contribution in [3.05, 3.63) is 0 Å². The smallest absolute Gasteiger partial charge is 0.0671 e. The van der Waals surface area contributed by atoms with Gasteiger partial charge in [0.1, 0.15) is 0 Å². The molecule has 0 radical (unpaired) electrons. The van der Waals surface area contributed by atoms with Crippen molar-refractivity contribution >= 4 is 0 Å². The van der Waals surface area contributed by atoms with Gasteiger partial charge in [-0.3, -0.25) is 0 Å². The summed E-state index contributed by atoms with van der Waals surface area (Å²) in [5.74, 6) is 0. The first kappa shape index (κ1) is 7.56. The van der Waals surface area contributed by atoms with Gasteiger partial charge in [-0.25, -0.2) is 0 Å². The zero-order valence-corrected chi connectivity index (χ0v) is 7.23. The van der Waals surface area contributed by atoms with Gasteiger partial charge in [0, 0.05) is 6.04 Å². The third-order valence-corrected chi connectivity index (χ3v) is 2.97. The van der Waals surface area contributed by atoms with Crippen LogP contribution in [0.4, 0.5) is 0 Å². The summed E-state index contributed by atoms with van der Waals surface area (Å²) in [5, 5.41) is 3.69. The fourth-order valence-corrected chi connectivity index (χ4v) is 2.15. The van der Waals surface area contributed by atoms with Gasteiger partial charge in [0.15, 0.2) is 0 Å². The molecule has 2 heteroatoms. The highest BCUT2D eigenvalue weighted by atomic mass is 16.5. The lowest BCUT2D eigenvalue weighted by molar-refractivity contribution is -0.0940. The minimum absolute atomic E-state index is 0.402. The summed E-state index contributed by atoms with van der Waals surface area (Å²) in [4.78, 5) is 0. The highest BCUT2D eigenvalue weighted by molar-refractivity contribution is 4.99. The van der Waals surface area contributed by atoms with E-state index in [4.69, 9.17) is 4.74 Å². The number of nitrogens with one attached hydrogen (secondary N) is 1. The molecule has 2 rings (SSSR count). The van der Waals surface area contributed by atoms with E-state index in [1.165, 1.54) is 25.7 Å². The van der Waals surface area contributed by atoms with Crippen molar-refractivity contribution < 1.29 is 4.74 Å². The molecule has 2 aliphatic heterocycles. The Bertz CT molecular complexity index is 142. The first-order chi connectivity index (χ1) is 5.35. The highest BCUT2D eigenvalue weighted by Gasteiger charge is 2.41. The van der Waals surface area contributed by atoms with E-state index in [0.29, 0.717) is 5.54 Å². The quantitative estimate of drug-likeness (QED) is 0.616. The summed E-state index contributed by atoms with van der Waals surface area (Å²) in [6.07, 6.45) is 5.33. The molecule has 0 saturated carbocycles. The van der Waals surface area contributed by atoms with E-state index in [9.17, 15) is 0 Å². The van der Waals surface area contributed by atoms with E-state index < -0.39 is 0 Å². The monoisotopic (exact) mass is 155 g/mol. The second-order valence-corrected chi connectivity index (χ2v) is 3.91. The van der Waals surface area contributed by atoms with E-state index in [-0.39, 0.29) is 0 Å². The van der Waals surface area contributed by atoms with Gasteiger partial charge in [-0.05, 0) is 25.7 Å². The number of ether oxygens (including phenoxy) is 1. The first-order valence-electron chi connectivity index (χ1n) is 4.70. The largest absolute Gasteiger partial charge is 0.377 e. The standard InChI is InChI=1S/C9H17NO/c1-2-8-4-3-5-9(10-8)6-11-7-9/h8,10H,2-7H2,1H3. The number of hydrogen-bond donors (Lipinski definition) is 1. The van der Waals surface area contributed by atoms with Gasteiger partial charge in [-0.1, -0.05) is 6.92 Å². The van der Waals surface area contributed by atoms with E-state index in [0.717, 1.165) is 19.3 Å². The third kappa shape index (κ3) is 1.30. The molecule has 2 fully saturated rings. The SMILES string of the molecule is CCC1CCCC2(COC2)N1. The lowest BCUT2D eigenvalue weighted by atomic mass is 9.84. The van der Waals surface area contributed by atoms with Crippen LogP contribution >= 0.6 is 0 Å². The van der Waals surface area contributed by atoms with Crippen LogP contribution in [0.25, 0.3) is 0 Å². The molecular formula is C9H17NO. The van der Waals surface area contributed by atoms with Crippen molar-refractivity contribution in [3.8, 4) is 0 Å². The van der Waals surface area contributed by atoms with Crippen LogP contribution in [-0.4, -0.2) is 24.8 Å². The van der Waals surface area contributed by atoms with E-state index >= 15 is 0 Å². The van der Waals surface area contributed by atoms with Gasteiger partial charge in [0.2, 0.25) is 0 Å². The fourth-order valence-electron chi connectivity index (χ4n) is 2.15. The molecule has 0 amide bonds. The Kier molecular flexibility index (Phi) is 1.90. The van der Waals surface area contributed by atoms with Gasteiger partial charge in [0.25, 0.3) is 0 Å². The summed E-state index contributed by atoms with van der Waals surface area (Å²) in [6.45, 7) is 4.16. The average molecular weight is 155 g/mol. The average Bonchev–Trinajstić information content (AvgIpc) is 2.02. The van der Waals surface area contributed by atoms with Crippen molar-refractivity contribution in [2.24, 2.45) is 0 Å². The van der Waals surface area contributed by atoms with E-state index in [2.05, 4.69) is 12.2 Å². The summed E-state index contributed by atoms with van der Waals surface area (Å²) < 4.78 is 5.25. The van der Waals surface area contributed by atoms with E-state index in [1.807, 2.05) is 0 Å². The second kappa shape index (κ2) is 2.76. The van der Waals surface area contributed by atoms with Crippen LogP contribution < -0.4 is 5.32 Å². The molecule has 0 aliphatic carbocycles. The van der Waals surface area contributed by atoms with Crippen LogP contribution in [-0.2, 0) is 4.74 Å². The van der Waals surface area contributed by atoms with Crippen LogP contribution in [0, 0.1) is 0 Å². The number of rotatable bonds is 1. The van der Waals surface area contributed by atoms with Crippen molar-refractivity contribution in [1.82, 2.24) is 5.32 Å². The maximum Gasteiger partial charge on any atom is 0.0671 e. The second-order valence-electron chi connectivity index (χ2n) is 3.91. The zero-order valence-electron chi connectivity index (χ0n) is 7.23. The minimum Gasteiger partial charge on any atom is -0.377 e. The fraction of sp³-hybridized carbons (Fsp3) is 1.00. The summed E-state index contributed by atoms with van der Waals surface area (Å²) in [7, 11) is 0. The molecule has 1 N–H and O–H groups in total. The Labute approximate surface area is 68.3 Å². The normalized spacial score (nSPS) is 35.2. The molecule has 2 heterocycles. The van der Waals surface area contributed by atoms with Crippen LogP contribution in [0.5, 0.6) is 0 Å². The molecule has 0 aromatic rings. The maximum atomic E-state index is 5.25. The Morgan fingerprint density at radius 1 is 1.55 bits per heavy atom. The maximum absolute atomic E-state index is 5.25. The molecule has 0 bridgehead atoms. The Hall–Kier alpha value is -0.0800. The third-order valence-electron chi connectivity index (χ3n) is 2.97. The molecule has 11 heavy (non-hydrogen) atoms. The molecular weight excluding hydrogens is 138 g/mol. The van der Waals surface area contributed by atoms with Gasteiger partial charge in [-0.2, -0.15) is 0 Å². The molecule has 64 valence electrons. The van der Waals surface area contributed by atoms with Crippen LogP contribution in [0.3, 0.4) is 0 Å². The van der Waals surface area contributed by atoms with Crippen LogP contribution in [0.2, 0.25) is 0 Å². The predicted octanol–water partition coefficient (Wildman–Crippen LogP) is 1.31. The molecule has 2 aliphatic rings. The van der Waals surface area contributed by atoms with Crippen molar-refractivity contribution in [3.63, 3.8) is 0 Å². The number of piperidine rings is 1.